The quantitative estimate of drug-likeness (QED) is 0.781. The third kappa shape index (κ3) is 2.60. The molecule has 1 aromatic rings. The smallest absolute Gasteiger partial charge is 0.338 e. The number of hydrogen-bond acceptors (Lipinski definition) is 4. The lowest BCUT2D eigenvalue weighted by molar-refractivity contribution is 0.0526. The molecule has 1 aliphatic carbocycles. The summed E-state index contributed by atoms with van der Waals surface area (Å²) in [5.41, 5.74) is 8.18. The van der Waals surface area contributed by atoms with Gasteiger partial charge in [-0.3, -0.25) is 0 Å². The molecular formula is C12H16ClNO3. The Morgan fingerprint density at radius 1 is 1.59 bits per heavy atom. The van der Waals surface area contributed by atoms with E-state index in [1.54, 1.807) is 25.1 Å². The summed E-state index contributed by atoms with van der Waals surface area (Å²) in [5.74, 6) is -0.333. The standard InChI is InChI=1S/C12H15NO3.ClH/c1-2-16-12(15)7-3-4-9-8(5-7)6-10(14)11(9)13;/h3-5,10-11,14H,2,6,13H2,1H3;1H/t10-,11-;/m1./s1. The van der Waals surface area contributed by atoms with E-state index in [0.717, 1.165) is 11.1 Å². The van der Waals surface area contributed by atoms with E-state index in [2.05, 4.69) is 0 Å². The molecule has 4 nitrogen and oxygen atoms in total. The van der Waals surface area contributed by atoms with Gasteiger partial charge in [-0.2, -0.15) is 0 Å². The number of ether oxygens (including phenoxy) is 1. The minimum absolute atomic E-state index is 0. The molecule has 5 heteroatoms. The van der Waals surface area contributed by atoms with Crippen molar-refractivity contribution in [3.63, 3.8) is 0 Å². The predicted molar refractivity (Wildman–Crippen MR) is 66.3 cm³/mol. The number of carbonyl (C=O) groups excluding carboxylic acids is 1. The number of rotatable bonds is 2. The van der Waals surface area contributed by atoms with Gasteiger partial charge in [0.05, 0.1) is 24.3 Å². The molecule has 1 aliphatic rings. The zero-order valence-electron chi connectivity index (χ0n) is 9.55. The minimum atomic E-state index is -0.549. The van der Waals surface area contributed by atoms with Crippen molar-refractivity contribution in [1.82, 2.24) is 0 Å². The van der Waals surface area contributed by atoms with Crippen molar-refractivity contribution in [3.8, 4) is 0 Å². The van der Waals surface area contributed by atoms with E-state index in [-0.39, 0.29) is 24.4 Å². The monoisotopic (exact) mass is 257 g/mol. The Bertz CT molecular complexity index is 422. The molecule has 0 saturated carbocycles. The molecule has 0 aromatic heterocycles. The molecule has 0 saturated heterocycles. The second-order valence-corrected chi connectivity index (χ2v) is 3.93. The summed E-state index contributed by atoms with van der Waals surface area (Å²) >= 11 is 0. The second kappa shape index (κ2) is 5.49. The first-order valence-electron chi connectivity index (χ1n) is 5.37. The lowest BCUT2D eigenvalue weighted by atomic mass is 10.1. The zero-order chi connectivity index (χ0) is 11.7. The van der Waals surface area contributed by atoms with Gasteiger partial charge in [-0.15, -0.1) is 12.4 Å². The van der Waals surface area contributed by atoms with Crippen LogP contribution >= 0.6 is 12.4 Å². The van der Waals surface area contributed by atoms with Gasteiger partial charge in [-0.25, -0.2) is 4.79 Å². The lowest BCUT2D eigenvalue weighted by Crippen LogP contribution is -2.21. The maximum atomic E-state index is 11.5. The first-order valence-corrected chi connectivity index (χ1v) is 5.37. The summed E-state index contributed by atoms with van der Waals surface area (Å²) in [6.07, 6.45) is -0.0449. The molecule has 0 aliphatic heterocycles. The summed E-state index contributed by atoms with van der Waals surface area (Å²) in [6.45, 7) is 2.13. The number of hydrogen-bond donors (Lipinski definition) is 2. The Hall–Kier alpha value is -1.10. The number of nitrogens with two attached hydrogens (primary N) is 1. The van der Waals surface area contributed by atoms with Gasteiger partial charge in [0.2, 0.25) is 0 Å². The van der Waals surface area contributed by atoms with Crippen molar-refractivity contribution in [3.05, 3.63) is 34.9 Å². The number of halogens is 1. The Balaban J connectivity index is 0.00000144. The molecular weight excluding hydrogens is 242 g/mol. The van der Waals surface area contributed by atoms with Gasteiger partial charge in [0.25, 0.3) is 0 Å². The average molecular weight is 258 g/mol. The number of carbonyl (C=O) groups is 1. The predicted octanol–water partition coefficient (Wildman–Crippen LogP) is 1.20. The first kappa shape index (κ1) is 14.0. The van der Waals surface area contributed by atoms with Crippen LogP contribution in [0.15, 0.2) is 18.2 Å². The zero-order valence-corrected chi connectivity index (χ0v) is 10.4. The van der Waals surface area contributed by atoms with Crippen LogP contribution in [0.1, 0.15) is 34.5 Å². The Kier molecular flexibility index (Phi) is 4.51. The van der Waals surface area contributed by atoms with Gasteiger partial charge in [-0.1, -0.05) is 6.07 Å². The minimum Gasteiger partial charge on any atom is -0.462 e. The third-order valence-corrected chi connectivity index (χ3v) is 2.86. The van der Waals surface area contributed by atoms with Crippen LogP contribution in [0.2, 0.25) is 0 Å². The first-order chi connectivity index (χ1) is 7.63. The fourth-order valence-electron chi connectivity index (χ4n) is 2.01. The fraction of sp³-hybridized carbons (Fsp3) is 0.417. The number of benzene rings is 1. The summed E-state index contributed by atoms with van der Waals surface area (Å²) in [4.78, 5) is 11.5. The fourth-order valence-corrected chi connectivity index (χ4v) is 2.01. The summed E-state index contributed by atoms with van der Waals surface area (Å²) in [7, 11) is 0. The summed E-state index contributed by atoms with van der Waals surface area (Å²) in [6, 6.07) is 4.90. The number of aliphatic hydroxyl groups excluding tert-OH is 1. The van der Waals surface area contributed by atoms with Crippen LogP contribution in [0.3, 0.4) is 0 Å². The van der Waals surface area contributed by atoms with Crippen LogP contribution in [0.5, 0.6) is 0 Å². The van der Waals surface area contributed by atoms with Crippen LogP contribution in [0, 0.1) is 0 Å². The van der Waals surface area contributed by atoms with Crippen molar-refractivity contribution >= 4 is 18.4 Å². The van der Waals surface area contributed by atoms with Gasteiger partial charge >= 0.3 is 5.97 Å². The third-order valence-electron chi connectivity index (χ3n) is 2.86. The molecule has 0 heterocycles. The molecule has 94 valence electrons. The largest absolute Gasteiger partial charge is 0.462 e. The summed E-state index contributed by atoms with van der Waals surface area (Å²) in [5, 5.41) is 9.61. The number of esters is 1. The molecule has 0 unspecified atom stereocenters. The number of aliphatic hydroxyl groups is 1. The highest BCUT2D eigenvalue weighted by Crippen LogP contribution is 2.30. The highest BCUT2D eigenvalue weighted by molar-refractivity contribution is 5.89. The normalized spacial score (nSPS) is 21.6. The molecule has 2 rings (SSSR count). The van der Waals surface area contributed by atoms with Crippen molar-refractivity contribution in [2.45, 2.75) is 25.5 Å². The van der Waals surface area contributed by atoms with Crippen molar-refractivity contribution < 1.29 is 14.6 Å². The van der Waals surface area contributed by atoms with E-state index < -0.39 is 6.10 Å². The van der Waals surface area contributed by atoms with Gasteiger partial charge in [0.1, 0.15) is 0 Å². The van der Waals surface area contributed by atoms with Crippen LogP contribution in [0.4, 0.5) is 0 Å². The molecule has 17 heavy (non-hydrogen) atoms. The summed E-state index contributed by atoms with van der Waals surface area (Å²) < 4.78 is 4.91. The SMILES string of the molecule is CCOC(=O)c1ccc2c(c1)C[C@@H](O)[C@@H]2N.Cl. The number of fused-ring (bicyclic) bond motifs is 1. The van der Waals surface area contributed by atoms with Crippen molar-refractivity contribution in [2.75, 3.05) is 6.61 Å². The van der Waals surface area contributed by atoms with E-state index in [9.17, 15) is 9.90 Å². The van der Waals surface area contributed by atoms with E-state index in [1.807, 2.05) is 0 Å². The average Bonchev–Trinajstić information content (AvgIpc) is 2.55. The van der Waals surface area contributed by atoms with Gasteiger partial charge in [0.15, 0.2) is 0 Å². The van der Waals surface area contributed by atoms with Gasteiger partial charge in [-0.05, 0) is 30.2 Å². The molecule has 0 amide bonds. The molecule has 0 radical (unpaired) electrons. The van der Waals surface area contributed by atoms with Gasteiger partial charge in [0, 0.05) is 6.42 Å². The van der Waals surface area contributed by atoms with Crippen LogP contribution in [-0.4, -0.2) is 23.8 Å². The molecule has 0 fully saturated rings. The molecule has 0 spiro atoms. The Morgan fingerprint density at radius 3 is 2.94 bits per heavy atom. The van der Waals surface area contributed by atoms with Crippen LogP contribution in [0.25, 0.3) is 0 Å². The van der Waals surface area contributed by atoms with Crippen LogP contribution in [-0.2, 0) is 11.2 Å². The van der Waals surface area contributed by atoms with Crippen molar-refractivity contribution in [1.29, 1.82) is 0 Å². The molecule has 1 aromatic carbocycles. The van der Waals surface area contributed by atoms with E-state index in [4.69, 9.17) is 10.5 Å². The Labute approximate surface area is 106 Å². The van der Waals surface area contributed by atoms with Gasteiger partial charge < -0.3 is 15.6 Å². The van der Waals surface area contributed by atoms with Crippen LogP contribution < -0.4 is 5.73 Å². The maximum Gasteiger partial charge on any atom is 0.338 e. The van der Waals surface area contributed by atoms with E-state index >= 15 is 0 Å². The van der Waals surface area contributed by atoms with E-state index in [1.165, 1.54) is 0 Å². The Morgan fingerprint density at radius 2 is 2.29 bits per heavy atom. The molecule has 3 N–H and O–H groups in total. The lowest BCUT2D eigenvalue weighted by Gasteiger charge is -2.08. The maximum absolute atomic E-state index is 11.5. The molecule has 2 atom stereocenters. The highest BCUT2D eigenvalue weighted by atomic mass is 35.5. The van der Waals surface area contributed by atoms with Crippen molar-refractivity contribution in [2.24, 2.45) is 5.73 Å². The molecule has 0 bridgehead atoms. The van der Waals surface area contributed by atoms with E-state index in [0.29, 0.717) is 18.6 Å². The second-order valence-electron chi connectivity index (χ2n) is 3.93. The topological polar surface area (TPSA) is 72.5 Å². The highest BCUT2D eigenvalue weighted by Gasteiger charge is 2.28.